The molecule has 140 valence electrons. The molecule has 3 aromatic heterocycles. The van der Waals surface area contributed by atoms with Gasteiger partial charge in [0.1, 0.15) is 11.6 Å². The Balaban J connectivity index is 1.38. The molecule has 3 atom stereocenters. The van der Waals surface area contributed by atoms with Gasteiger partial charge in [-0.05, 0) is 43.9 Å². The maximum Gasteiger partial charge on any atom is 0.253 e. The molecule has 0 spiro atoms. The van der Waals surface area contributed by atoms with E-state index in [1.807, 2.05) is 34.6 Å². The number of imidazole rings is 1. The second-order valence-corrected chi connectivity index (χ2v) is 6.96. The zero-order valence-electron chi connectivity index (χ0n) is 15.1. The Morgan fingerprint density at radius 1 is 1.26 bits per heavy atom. The van der Waals surface area contributed by atoms with E-state index in [0.717, 1.165) is 18.8 Å². The van der Waals surface area contributed by atoms with Crippen LogP contribution in [-0.2, 0) is 6.54 Å². The van der Waals surface area contributed by atoms with Gasteiger partial charge in [0.25, 0.3) is 5.91 Å². The highest BCUT2D eigenvalue weighted by molar-refractivity contribution is 5.94. The number of aliphatic hydroxyl groups excluding tert-OH is 1. The van der Waals surface area contributed by atoms with Crippen molar-refractivity contribution < 1.29 is 9.90 Å². The van der Waals surface area contributed by atoms with Gasteiger partial charge in [0.15, 0.2) is 0 Å². The SMILES string of the molecule is Cc1nccn1-c1ccc(C(=O)N[C@@H]2CC(Cn3cccn3)C[C@H]2O)cn1. The Labute approximate surface area is 156 Å². The van der Waals surface area contributed by atoms with Gasteiger partial charge in [0.05, 0.1) is 17.7 Å². The van der Waals surface area contributed by atoms with Gasteiger partial charge in [0, 0.05) is 37.5 Å². The van der Waals surface area contributed by atoms with E-state index in [9.17, 15) is 9.90 Å². The number of rotatable bonds is 5. The Kier molecular flexibility index (Phi) is 4.72. The molecule has 27 heavy (non-hydrogen) atoms. The van der Waals surface area contributed by atoms with Gasteiger partial charge in [-0.2, -0.15) is 5.10 Å². The highest BCUT2D eigenvalue weighted by atomic mass is 16.3. The van der Waals surface area contributed by atoms with E-state index in [-0.39, 0.29) is 17.9 Å². The molecule has 1 aliphatic rings. The summed E-state index contributed by atoms with van der Waals surface area (Å²) in [4.78, 5) is 21.1. The summed E-state index contributed by atoms with van der Waals surface area (Å²) >= 11 is 0. The van der Waals surface area contributed by atoms with Crippen molar-refractivity contribution in [2.45, 2.75) is 38.5 Å². The number of aryl methyl sites for hydroxylation is 1. The number of nitrogens with zero attached hydrogens (tertiary/aromatic N) is 5. The number of aliphatic hydroxyl groups is 1. The first-order chi connectivity index (χ1) is 13.1. The second-order valence-electron chi connectivity index (χ2n) is 6.96. The number of hydrogen-bond acceptors (Lipinski definition) is 5. The van der Waals surface area contributed by atoms with Gasteiger partial charge in [-0.15, -0.1) is 0 Å². The molecule has 1 saturated carbocycles. The van der Waals surface area contributed by atoms with Crippen molar-refractivity contribution in [2.24, 2.45) is 5.92 Å². The van der Waals surface area contributed by atoms with Crippen molar-refractivity contribution in [3.63, 3.8) is 0 Å². The first-order valence-electron chi connectivity index (χ1n) is 9.03. The summed E-state index contributed by atoms with van der Waals surface area (Å²) in [5.74, 6) is 1.61. The molecule has 0 saturated heterocycles. The minimum Gasteiger partial charge on any atom is -0.391 e. The molecule has 3 heterocycles. The van der Waals surface area contributed by atoms with Crippen LogP contribution in [0.15, 0.2) is 49.2 Å². The molecule has 4 rings (SSSR count). The fourth-order valence-corrected chi connectivity index (χ4v) is 3.63. The molecule has 0 radical (unpaired) electrons. The number of carbonyl (C=O) groups excluding carboxylic acids is 1. The first kappa shape index (κ1) is 17.4. The zero-order valence-corrected chi connectivity index (χ0v) is 15.1. The maximum absolute atomic E-state index is 12.5. The van der Waals surface area contributed by atoms with Crippen LogP contribution in [-0.4, -0.2) is 47.5 Å². The summed E-state index contributed by atoms with van der Waals surface area (Å²) in [6.07, 6.45) is 9.57. The lowest BCUT2D eigenvalue weighted by molar-refractivity contribution is 0.0872. The third-order valence-corrected chi connectivity index (χ3v) is 5.03. The molecule has 0 aromatic carbocycles. The van der Waals surface area contributed by atoms with Crippen molar-refractivity contribution in [1.82, 2.24) is 29.6 Å². The highest BCUT2D eigenvalue weighted by Crippen LogP contribution is 2.27. The lowest BCUT2D eigenvalue weighted by Gasteiger charge is -2.16. The van der Waals surface area contributed by atoms with E-state index in [4.69, 9.17) is 0 Å². The Morgan fingerprint density at radius 3 is 2.81 bits per heavy atom. The van der Waals surface area contributed by atoms with Gasteiger partial charge >= 0.3 is 0 Å². The summed E-state index contributed by atoms with van der Waals surface area (Å²) in [5.41, 5.74) is 0.472. The van der Waals surface area contributed by atoms with E-state index >= 15 is 0 Å². The number of pyridine rings is 1. The number of carbonyl (C=O) groups is 1. The van der Waals surface area contributed by atoms with Crippen LogP contribution < -0.4 is 5.32 Å². The van der Waals surface area contributed by atoms with Gasteiger partial charge in [-0.25, -0.2) is 9.97 Å². The molecule has 1 aliphatic carbocycles. The van der Waals surface area contributed by atoms with Gasteiger partial charge in [-0.3, -0.25) is 14.0 Å². The maximum atomic E-state index is 12.5. The predicted octanol–water partition coefficient (Wildman–Crippen LogP) is 1.34. The molecule has 2 N–H and O–H groups in total. The fourth-order valence-electron chi connectivity index (χ4n) is 3.63. The van der Waals surface area contributed by atoms with Crippen molar-refractivity contribution in [3.05, 3.63) is 60.6 Å². The van der Waals surface area contributed by atoms with E-state index in [2.05, 4.69) is 20.4 Å². The van der Waals surface area contributed by atoms with Crippen molar-refractivity contribution in [2.75, 3.05) is 0 Å². The number of hydrogen-bond donors (Lipinski definition) is 2. The first-order valence-corrected chi connectivity index (χ1v) is 9.03. The third kappa shape index (κ3) is 3.75. The topological polar surface area (TPSA) is 97.9 Å². The molecule has 0 bridgehead atoms. The Hall–Kier alpha value is -3.00. The minimum atomic E-state index is -0.546. The third-order valence-electron chi connectivity index (χ3n) is 5.03. The number of amides is 1. The molecule has 3 aromatic rings. The molecule has 8 nitrogen and oxygen atoms in total. The standard InChI is InChI=1S/C19H22N6O2/c1-13-20-6-8-25(13)18-4-3-15(11-21-18)19(27)23-16-9-14(10-17(16)26)12-24-7-2-5-22-24/h2-8,11,14,16-17,26H,9-10,12H2,1H3,(H,23,27)/t14?,16-,17-/m1/s1. The number of nitrogens with one attached hydrogen (secondary N) is 1. The van der Waals surface area contributed by atoms with E-state index in [1.54, 1.807) is 30.7 Å². The summed E-state index contributed by atoms with van der Waals surface area (Å²) < 4.78 is 3.71. The number of aromatic nitrogens is 5. The quantitative estimate of drug-likeness (QED) is 0.710. The van der Waals surface area contributed by atoms with E-state index < -0.39 is 6.10 Å². The smallest absolute Gasteiger partial charge is 0.253 e. The van der Waals surface area contributed by atoms with Crippen LogP contribution in [0.1, 0.15) is 29.0 Å². The minimum absolute atomic E-state index is 0.222. The van der Waals surface area contributed by atoms with Crippen LogP contribution >= 0.6 is 0 Å². The summed E-state index contributed by atoms with van der Waals surface area (Å²) in [5, 5.41) is 17.5. The Bertz CT molecular complexity index is 903. The normalized spacial score (nSPS) is 22.1. The molecular weight excluding hydrogens is 344 g/mol. The molecular formula is C19H22N6O2. The van der Waals surface area contributed by atoms with Gasteiger partial charge in [0.2, 0.25) is 0 Å². The van der Waals surface area contributed by atoms with Crippen LogP contribution in [0.2, 0.25) is 0 Å². The fraction of sp³-hybridized carbons (Fsp3) is 0.368. The van der Waals surface area contributed by atoms with Crippen LogP contribution in [0.25, 0.3) is 5.82 Å². The van der Waals surface area contributed by atoms with Crippen LogP contribution in [0.4, 0.5) is 0 Å². The molecule has 1 unspecified atom stereocenters. The molecule has 8 heteroatoms. The summed E-state index contributed by atoms with van der Waals surface area (Å²) in [7, 11) is 0. The summed E-state index contributed by atoms with van der Waals surface area (Å²) in [6.45, 7) is 2.64. The average molecular weight is 366 g/mol. The van der Waals surface area contributed by atoms with Crippen molar-refractivity contribution in [1.29, 1.82) is 0 Å². The second kappa shape index (κ2) is 7.32. The average Bonchev–Trinajstić information content (AvgIpc) is 3.39. The highest BCUT2D eigenvalue weighted by Gasteiger charge is 2.34. The molecule has 1 amide bonds. The predicted molar refractivity (Wildman–Crippen MR) is 98.3 cm³/mol. The Morgan fingerprint density at radius 2 is 2.15 bits per heavy atom. The lowest BCUT2D eigenvalue weighted by Crippen LogP contribution is -2.40. The van der Waals surface area contributed by atoms with Crippen LogP contribution in [0.3, 0.4) is 0 Å². The van der Waals surface area contributed by atoms with Gasteiger partial charge < -0.3 is 10.4 Å². The van der Waals surface area contributed by atoms with Gasteiger partial charge in [-0.1, -0.05) is 0 Å². The van der Waals surface area contributed by atoms with E-state index in [0.29, 0.717) is 17.8 Å². The zero-order chi connectivity index (χ0) is 18.8. The van der Waals surface area contributed by atoms with Crippen LogP contribution in [0.5, 0.6) is 0 Å². The van der Waals surface area contributed by atoms with Crippen molar-refractivity contribution >= 4 is 5.91 Å². The molecule has 0 aliphatic heterocycles. The van der Waals surface area contributed by atoms with Crippen LogP contribution in [0, 0.1) is 12.8 Å². The summed E-state index contributed by atoms with van der Waals surface area (Å²) in [6, 6.07) is 5.15. The van der Waals surface area contributed by atoms with Crippen molar-refractivity contribution in [3.8, 4) is 5.82 Å². The largest absolute Gasteiger partial charge is 0.391 e. The lowest BCUT2D eigenvalue weighted by atomic mass is 10.1. The molecule has 1 fully saturated rings. The van der Waals surface area contributed by atoms with E-state index in [1.165, 1.54) is 0 Å². The monoisotopic (exact) mass is 366 g/mol.